The summed E-state index contributed by atoms with van der Waals surface area (Å²) in [5, 5.41) is 0. The fourth-order valence-corrected chi connectivity index (χ4v) is 4.00. The summed E-state index contributed by atoms with van der Waals surface area (Å²) >= 11 is 0. The van der Waals surface area contributed by atoms with E-state index in [1.54, 1.807) is 0 Å². The van der Waals surface area contributed by atoms with E-state index < -0.39 is 6.10 Å². The monoisotopic (exact) mass is 308 g/mol. The van der Waals surface area contributed by atoms with Crippen LogP contribution >= 0.6 is 0 Å². The molecular weight excluding hydrogens is 288 g/mol. The van der Waals surface area contributed by atoms with Gasteiger partial charge in [0.15, 0.2) is 6.10 Å². The number of carbonyl (C=O) groups is 1. The number of ether oxygens (including phenoxy) is 2. The fourth-order valence-electron chi connectivity index (χ4n) is 4.00. The van der Waals surface area contributed by atoms with Gasteiger partial charge < -0.3 is 9.47 Å². The third-order valence-electron chi connectivity index (χ3n) is 4.94. The zero-order valence-electron chi connectivity index (χ0n) is 13.0. The Bertz CT molecular complexity index is 639. The minimum absolute atomic E-state index is 0.0325. The van der Waals surface area contributed by atoms with Crippen LogP contribution in [0.25, 0.3) is 0 Å². The van der Waals surface area contributed by atoms with Crippen molar-refractivity contribution in [1.29, 1.82) is 0 Å². The molecule has 0 spiro atoms. The number of cyclic esters (lactones) is 1. The first kappa shape index (κ1) is 14.5. The Hall–Kier alpha value is -2.13. The van der Waals surface area contributed by atoms with Crippen molar-refractivity contribution in [3.63, 3.8) is 0 Å². The zero-order valence-corrected chi connectivity index (χ0v) is 13.0. The molecule has 0 amide bonds. The maximum Gasteiger partial charge on any atom is 0.335 e. The maximum atomic E-state index is 12.3. The lowest BCUT2D eigenvalue weighted by Gasteiger charge is -2.33. The molecule has 3 heteroatoms. The Kier molecular flexibility index (Phi) is 3.66. The summed E-state index contributed by atoms with van der Waals surface area (Å²) in [6.45, 7) is 0.390. The molecule has 2 bridgehead atoms. The van der Waals surface area contributed by atoms with Crippen LogP contribution in [0, 0.1) is 5.41 Å². The van der Waals surface area contributed by atoms with Gasteiger partial charge in [0.25, 0.3) is 0 Å². The van der Waals surface area contributed by atoms with Crippen molar-refractivity contribution < 1.29 is 14.3 Å². The van der Waals surface area contributed by atoms with Gasteiger partial charge in [-0.3, -0.25) is 0 Å². The predicted octanol–water partition coefficient (Wildman–Crippen LogP) is 3.17. The van der Waals surface area contributed by atoms with Crippen molar-refractivity contribution in [2.24, 2.45) is 5.41 Å². The predicted molar refractivity (Wildman–Crippen MR) is 87.0 cm³/mol. The van der Waals surface area contributed by atoms with E-state index in [2.05, 4.69) is 24.3 Å². The van der Waals surface area contributed by atoms with Gasteiger partial charge in [-0.2, -0.15) is 0 Å². The highest BCUT2D eigenvalue weighted by molar-refractivity contribution is 5.77. The zero-order chi connectivity index (χ0) is 15.7. The summed E-state index contributed by atoms with van der Waals surface area (Å²) in [7, 11) is 0. The van der Waals surface area contributed by atoms with Gasteiger partial charge in [-0.25, -0.2) is 4.79 Å². The molecule has 2 aromatic rings. The molecule has 2 atom stereocenters. The molecule has 4 rings (SSSR count). The van der Waals surface area contributed by atoms with Crippen LogP contribution in [0.15, 0.2) is 60.7 Å². The minimum atomic E-state index is -0.457. The highest BCUT2D eigenvalue weighted by Gasteiger charge is 2.55. The molecule has 2 heterocycles. The molecule has 0 saturated carbocycles. The smallest absolute Gasteiger partial charge is 0.335 e. The number of rotatable bonds is 4. The largest absolute Gasteiger partial charge is 0.461 e. The van der Waals surface area contributed by atoms with Crippen molar-refractivity contribution in [1.82, 2.24) is 0 Å². The average molecular weight is 308 g/mol. The van der Waals surface area contributed by atoms with Crippen LogP contribution in [-0.4, -0.2) is 24.8 Å². The molecule has 2 saturated heterocycles. The lowest BCUT2D eigenvalue weighted by molar-refractivity contribution is -0.177. The Labute approximate surface area is 136 Å². The number of esters is 1. The molecule has 0 aliphatic carbocycles. The van der Waals surface area contributed by atoms with Crippen molar-refractivity contribution in [3.05, 3.63) is 71.8 Å². The summed E-state index contributed by atoms with van der Waals surface area (Å²) in [6, 6.07) is 20.7. The lowest BCUT2D eigenvalue weighted by Crippen LogP contribution is -2.43. The van der Waals surface area contributed by atoms with Gasteiger partial charge in [-0.05, 0) is 30.4 Å². The standard InChI is InChI=1S/C20H20O3/c21-19-18-20(13-17(23-18)14-22-19,11-15-7-3-1-4-8-15)12-16-9-5-2-6-10-16/h1-10,17-18H,11-14H2/t17-,18-/m0/s1. The quantitative estimate of drug-likeness (QED) is 0.814. The first-order chi connectivity index (χ1) is 11.3. The molecule has 0 aromatic heterocycles. The topological polar surface area (TPSA) is 35.5 Å². The summed E-state index contributed by atoms with van der Waals surface area (Å²) < 4.78 is 11.3. The average Bonchev–Trinajstić information content (AvgIpc) is 2.87. The van der Waals surface area contributed by atoms with E-state index in [4.69, 9.17) is 9.47 Å². The molecule has 0 N–H and O–H groups in total. The van der Waals surface area contributed by atoms with Gasteiger partial charge in [-0.1, -0.05) is 60.7 Å². The van der Waals surface area contributed by atoms with Gasteiger partial charge in [0, 0.05) is 5.41 Å². The van der Waals surface area contributed by atoms with E-state index >= 15 is 0 Å². The summed E-state index contributed by atoms with van der Waals surface area (Å²) in [4.78, 5) is 12.3. The minimum Gasteiger partial charge on any atom is -0.461 e. The van der Waals surface area contributed by atoms with Crippen LogP contribution in [0.5, 0.6) is 0 Å². The summed E-state index contributed by atoms with van der Waals surface area (Å²) in [6.07, 6.45) is 2.11. The summed E-state index contributed by atoms with van der Waals surface area (Å²) in [5.74, 6) is -0.203. The molecule has 2 aliphatic rings. The summed E-state index contributed by atoms with van der Waals surface area (Å²) in [5.41, 5.74) is 2.26. The number of fused-ring (bicyclic) bond motifs is 2. The van der Waals surface area contributed by atoms with E-state index in [9.17, 15) is 4.79 Å². The van der Waals surface area contributed by atoms with Crippen molar-refractivity contribution in [3.8, 4) is 0 Å². The Morgan fingerprint density at radius 3 is 2.04 bits per heavy atom. The molecule has 2 fully saturated rings. The van der Waals surface area contributed by atoms with Crippen molar-refractivity contribution in [2.45, 2.75) is 31.5 Å². The van der Waals surface area contributed by atoms with Crippen LogP contribution in [-0.2, 0) is 27.1 Å². The van der Waals surface area contributed by atoms with Crippen LogP contribution in [0.4, 0.5) is 0 Å². The van der Waals surface area contributed by atoms with E-state index in [-0.39, 0.29) is 17.5 Å². The van der Waals surface area contributed by atoms with E-state index in [0.29, 0.717) is 6.61 Å². The van der Waals surface area contributed by atoms with Crippen LogP contribution in [0.2, 0.25) is 0 Å². The molecule has 0 radical (unpaired) electrons. The maximum absolute atomic E-state index is 12.3. The highest BCUT2D eigenvalue weighted by atomic mass is 16.6. The Morgan fingerprint density at radius 1 is 0.913 bits per heavy atom. The molecular formula is C20H20O3. The molecule has 2 aromatic carbocycles. The molecule has 0 unspecified atom stereocenters. The third kappa shape index (κ3) is 2.77. The highest BCUT2D eigenvalue weighted by Crippen LogP contribution is 2.46. The second-order valence-corrected chi connectivity index (χ2v) is 6.66. The van der Waals surface area contributed by atoms with Crippen molar-refractivity contribution >= 4 is 5.97 Å². The molecule has 3 nitrogen and oxygen atoms in total. The molecule has 2 aliphatic heterocycles. The van der Waals surface area contributed by atoms with Crippen LogP contribution < -0.4 is 0 Å². The lowest BCUT2D eigenvalue weighted by atomic mass is 9.71. The van der Waals surface area contributed by atoms with Gasteiger partial charge in [0.05, 0.1) is 6.10 Å². The number of hydrogen-bond donors (Lipinski definition) is 0. The first-order valence-corrected chi connectivity index (χ1v) is 8.15. The normalized spacial score (nSPS) is 25.1. The fraction of sp³-hybridized carbons (Fsp3) is 0.350. The van der Waals surface area contributed by atoms with Gasteiger partial charge >= 0.3 is 5.97 Å². The van der Waals surface area contributed by atoms with Gasteiger partial charge in [0.2, 0.25) is 0 Å². The van der Waals surface area contributed by atoms with Crippen LogP contribution in [0.3, 0.4) is 0 Å². The SMILES string of the molecule is O=C1OC[C@@H]2CC(Cc3ccccc3)(Cc3ccccc3)[C@H]1O2. The van der Waals surface area contributed by atoms with Crippen LogP contribution in [0.1, 0.15) is 17.5 Å². The number of carbonyl (C=O) groups excluding carboxylic acids is 1. The van der Waals surface area contributed by atoms with E-state index in [1.165, 1.54) is 11.1 Å². The molecule has 23 heavy (non-hydrogen) atoms. The van der Waals surface area contributed by atoms with Crippen molar-refractivity contribution in [2.75, 3.05) is 6.61 Å². The number of hydrogen-bond acceptors (Lipinski definition) is 3. The molecule has 118 valence electrons. The first-order valence-electron chi connectivity index (χ1n) is 8.15. The number of benzene rings is 2. The van der Waals surface area contributed by atoms with Gasteiger partial charge in [0.1, 0.15) is 6.61 Å². The van der Waals surface area contributed by atoms with E-state index in [1.807, 2.05) is 36.4 Å². The Morgan fingerprint density at radius 2 is 1.48 bits per heavy atom. The third-order valence-corrected chi connectivity index (χ3v) is 4.94. The van der Waals surface area contributed by atoms with Gasteiger partial charge in [-0.15, -0.1) is 0 Å². The second kappa shape index (κ2) is 5.82. The Balaban J connectivity index is 1.70. The second-order valence-electron chi connectivity index (χ2n) is 6.66. The van der Waals surface area contributed by atoms with E-state index in [0.717, 1.165) is 19.3 Å².